The topological polar surface area (TPSA) is 102 Å². The molecule has 0 saturated carbocycles. The van der Waals surface area contributed by atoms with Crippen LogP contribution in [-0.4, -0.2) is 106 Å². The Kier molecular flexibility index (Phi) is 6.67. The summed E-state index contributed by atoms with van der Waals surface area (Å²) in [5.41, 5.74) is 0.670. The number of hydrogen-bond donors (Lipinski definition) is 1. The monoisotopic (exact) mass is 460 g/mol. The molecule has 4 heterocycles. The minimum atomic E-state index is -5.08. The van der Waals surface area contributed by atoms with Crippen LogP contribution in [-0.2, 0) is 16.6 Å². The number of halogens is 3. The lowest BCUT2D eigenvalue weighted by Gasteiger charge is -2.46. The molecule has 0 bridgehead atoms. The zero-order valence-electron chi connectivity index (χ0n) is 18.0. The van der Waals surface area contributed by atoms with Gasteiger partial charge in [0.05, 0.1) is 24.0 Å². The van der Waals surface area contributed by atoms with Crippen LogP contribution < -0.4 is 4.90 Å². The Labute approximate surface area is 183 Å². The number of carboxylic acids is 1. The number of hydrogen-bond acceptors (Lipinski definition) is 5. The molecule has 10 nitrogen and oxygen atoms in total. The maximum atomic E-state index is 12.7. The third-order valence-corrected chi connectivity index (χ3v) is 6.16. The van der Waals surface area contributed by atoms with E-state index in [4.69, 9.17) is 9.90 Å². The molecule has 1 N–H and O–H groups in total. The molecule has 3 amide bonds. The fraction of sp³-hybridized carbons (Fsp3) is 0.684. The highest BCUT2D eigenvalue weighted by molar-refractivity contribution is 5.95. The number of nitrogens with zero attached hydrogens (tertiary/aromatic N) is 6. The molecule has 3 fully saturated rings. The second-order valence-corrected chi connectivity index (χ2v) is 8.38. The Morgan fingerprint density at radius 1 is 1.09 bits per heavy atom. The van der Waals surface area contributed by atoms with Gasteiger partial charge in [0.25, 0.3) is 0 Å². The molecule has 3 aliphatic rings. The number of urea groups is 1. The van der Waals surface area contributed by atoms with E-state index in [0.29, 0.717) is 19.6 Å². The molecule has 0 radical (unpaired) electrons. The van der Waals surface area contributed by atoms with Gasteiger partial charge >= 0.3 is 18.2 Å². The van der Waals surface area contributed by atoms with Gasteiger partial charge in [0.15, 0.2) is 0 Å². The molecule has 178 valence electrons. The number of rotatable bonds is 1. The Bertz CT molecular complexity index is 869. The number of aryl methyl sites for hydroxylation is 1. The SMILES string of the molecule is CN1CC(=O)N(c2cnn(C)c2)CC12CCN(C(=O)N1CCCC1)C2.O=C(O)C(F)(F)F. The largest absolute Gasteiger partial charge is 0.490 e. The van der Waals surface area contributed by atoms with Crippen molar-refractivity contribution in [1.82, 2.24) is 24.5 Å². The zero-order chi connectivity index (χ0) is 23.7. The summed E-state index contributed by atoms with van der Waals surface area (Å²) in [5.74, 6) is -2.67. The molecule has 1 aromatic heterocycles. The maximum Gasteiger partial charge on any atom is 0.490 e. The van der Waals surface area contributed by atoms with Gasteiger partial charge < -0.3 is 19.8 Å². The normalized spacial score (nSPS) is 24.2. The number of carboxylic acid groups (broad SMARTS) is 1. The summed E-state index contributed by atoms with van der Waals surface area (Å²) < 4.78 is 33.4. The predicted molar refractivity (Wildman–Crippen MR) is 107 cm³/mol. The van der Waals surface area contributed by atoms with Crippen molar-refractivity contribution >= 4 is 23.6 Å². The minimum Gasteiger partial charge on any atom is -0.475 e. The molecule has 0 aromatic carbocycles. The Morgan fingerprint density at radius 3 is 2.25 bits per heavy atom. The zero-order valence-corrected chi connectivity index (χ0v) is 18.0. The van der Waals surface area contributed by atoms with Crippen LogP contribution >= 0.6 is 0 Å². The second kappa shape index (κ2) is 8.96. The molecule has 13 heteroatoms. The van der Waals surface area contributed by atoms with Crippen molar-refractivity contribution < 1.29 is 32.7 Å². The first-order chi connectivity index (χ1) is 14.9. The summed E-state index contributed by atoms with van der Waals surface area (Å²) in [6, 6.07) is 0.160. The second-order valence-electron chi connectivity index (χ2n) is 8.38. The lowest BCUT2D eigenvalue weighted by Crippen LogP contribution is -2.64. The number of aliphatic carboxylic acids is 1. The summed E-state index contributed by atoms with van der Waals surface area (Å²) in [5, 5.41) is 11.3. The molecule has 1 aromatic rings. The number of carbonyl (C=O) groups excluding carboxylic acids is 2. The third kappa shape index (κ3) is 4.97. The van der Waals surface area contributed by atoms with E-state index in [1.54, 1.807) is 10.9 Å². The first-order valence-corrected chi connectivity index (χ1v) is 10.3. The van der Waals surface area contributed by atoms with Crippen LogP contribution in [0.5, 0.6) is 0 Å². The van der Waals surface area contributed by atoms with Gasteiger partial charge in [-0.2, -0.15) is 18.3 Å². The number of aromatic nitrogens is 2. The summed E-state index contributed by atoms with van der Waals surface area (Å²) in [4.78, 5) is 42.1. The Hall–Kier alpha value is -2.83. The highest BCUT2D eigenvalue weighted by Crippen LogP contribution is 2.34. The van der Waals surface area contributed by atoms with Crippen LogP contribution in [0.3, 0.4) is 0 Å². The van der Waals surface area contributed by atoms with Crippen molar-refractivity contribution in [1.29, 1.82) is 0 Å². The fourth-order valence-electron chi connectivity index (χ4n) is 4.31. The first kappa shape index (κ1) is 23.8. The molecule has 32 heavy (non-hydrogen) atoms. The number of alkyl halides is 3. The lowest BCUT2D eigenvalue weighted by molar-refractivity contribution is -0.192. The third-order valence-electron chi connectivity index (χ3n) is 6.16. The molecule has 1 unspecified atom stereocenters. The fourth-order valence-corrected chi connectivity index (χ4v) is 4.31. The molecule has 1 atom stereocenters. The number of likely N-dealkylation sites (N-methyl/N-ethyl adjacent to an activating group) is 1. The summed E-state index contributed by atoms with van der Waals surface area (Å²) in [6.45, 7) is 4.17. The average molecular weight is 460 g/mol. The van der Waals surface area contributed by atoms with E-state index in [1.807, 2.05) is 35.0 Å². The van der Waals surface area contributed by atoms with Crippen LogP contribution in [0.2, 0.25) is 0 Å². The molecule has 0 aliphatic carbocycles. The van der Waals surface area contributed by atoms with Gasteiger partial charge in [-0.05, 0) is 26.3 Å². The molecule has 3 saturated heterocycles. The Balaban J connectivity index is 0.000000360. The van der Waals surface area contributed by atoms with E-state index >= 15 is 0 Å². The van der Waals surface area contributed by atoms with Crippen molar-refractivity contribution in [3.05, 3.63) is 12.4 Å². The van der Waals surface area contributed by atoms with E-state index in [0.717, 1.165) is 44.6 Å². The number of piperazine rings is 1. The van der Waals surface area contributed by atoms with Crippen LogP contribution in [0.1, 0.15) is 19.3 Å². The van der Waals surface area contributed by atoms with E-state index in [9.17, 15) is 22.8 Å². The number of anilines is 1. The quantitative estimate of drug-likeness (QED) is 0.671. The van der Waals surface area contributed by atoms with Gasteiger partial charge in [-0.15, -0.1) is 0 Å². The molecule has 1 spiro atoms. The molecular weight excluding hydrogens is 433 g/mol. The van der Waals surface area contributed by atoms with Crippen LogP contribution in [0.15, 0.2) is 12.4 Å². The number of carbonyl (C=O) groups is 3. The van der Waals surface area contributed by atoms with Crippen molar-refractivity contribution in [3.8, 4) is 0 Å². The van der Waals surface area contributed by atoms with Crippen molar-refractivity contribution in [2.45, 2.75) is 31.0 Å². The molecule has 4 rings (SSSR count). The van der Waals surface area contributed by atoms with Crippen LogP contribution in [0.4, 0.5) is 23.7 Å². The highest BCUT2D eigenvalue weighted by Gasteiger charge is 2.49. The predicted octanol–water partition coefficient (Wildman–Crippen LogP) is 0.992. The maximum absolute atomic E-state index is 12.7. The standard InChI is InChI=1S/C17H26N6O2.C2HF3O2/c1-19-11-15(24)23(14-9-18-20(2)10-14)13-17(19)5-8-22(12-17)16(25)21-6-3-4-7-21;3-2(4,5)1(6)7/h9-10H,3-8,11-13H2,1-2H3;(H,6,7). The highest BCUT2D eigenvalue weighted by atomic mass is 19.4. The first-order valence-electron chi connectivity index (χ1n) is 10.3. The molecule has 3 aliphatic heterocycles. The van der Waals surface area contributed by atoms with Gasteiger partial charge in [0.2, 0.25) is 5.91 Å². The van der Waals surface area contributed by atoms with Gasteiger partial charge in [-0.1, -0.05) is 0 Å². The van der Waals surface area contributed by atoms with Gasteiger partial charge in [0.1, 0.15) is 0 Å². The van der Waals surface area contributed by atoms with Crippen molar-refractivity contribution in [2.75, 3.05) is 51.2 Å². The van der Waals surface area contributed by atoms with Crippen molar-refractivity contribution in [2.24, 2.45) is 7.05 Å². The number of amides is 3. The Morgan fingerprint density at radius 2 is 1.72 bits per heavy atom. The van der Waals surface area contributed by atoms with E-state index in [1.165, 1.54) is 0 Å². The lowest BCUT2D eigenvalue weighted by atomic mass is 9.93. The summed E-state index contributed by atoms with van der Waals surface area (Å²) in [7, 11) is 3.86. The smallest absolute Gasteiger partial charge is 0.475 e. The van der Waals surface area contributed by atoms with E-state index < -0.39 is 12.1 Å². The van der Waals surface area contributed by atoms with E-state index in [2.05, 4.69) is 10.00 Å². The summed E-state index contributed by atoms with van der Waals surface area (Å²) >= 11 is 0. The van der Waals surface area contributed by atoms with E-state index in [-0.39, 0.29) is 17.5 Å². The number of likely N-dealkylation sites (tertiary alicyclic amines) is 2. The van der Waals surface area contributed by atoms with Crippen LogP contribution in [0, 0.1) is 0 Å². The van der Waals surface area contributed by atoms with Crippen LogP contribution in [0.25, 0.3) is 0 Å². The summed E-state index contributed by atoms with van der Waals surface area (Å²) in [6.07, 6.45) is 1.63. The van der Waals surface area contributed by atoms with Gasteiger partial charge in [-0.3, -0.25) is 14.4 Å². The van der Waals surface area contributed by atoms with Gasteiger partial charge in [-0.25, -0.2) is 9.59 Å². The molecular formula is C19H27F3N6O4. The minimum absolute atomic E-state index is 0.0884. The van der Waals surface area contributed by atoms with Crippen molar-refractivity contribution in [3.63, 3.8) is 0 Å². The van der Waals surface area contributed by atoms with Gasteiger partial charge in [0, 0.05) is 46.0 Å². The average Bonchev–Trinajstić information content (AvgIpc) is 3.46.